The molecule has 0 heterocycles. The van der Waals surface area contributed by atoms with E-state index in [0.717, 1.165) is 28.2 Å². The highest BCUT2D eigenvalue weighted by atomic mass is 16.5. The van der Waals surface area contributed by atoms with Gasteiger partial charge in [-0.05, 0) is 47.9 Å². The molecule has 22 heavy (non-hydrogen) atoms. The number of benzene rings is 2. The summed E-state index contributed by atoms with van der Waals surface area (Å²) in [5.74, 6) is 0.524. The molecule has 0 amide bonds. The van der Waals surface area contributed by atoms with Crippen LogP contribution in [0.1, 0.15) is 28.4 Å². The minimum Gasteiger partial charge on any atom is -0.497 e. The lowest BCUT2D eigenvalue weighted by molar-refractivity contribution is 0.0697. The summed E-state index contributed by atoms with van der Waals surface area (Å²) in [5, 5.41) is 8.91. The maximum Gasteiger partial charge on any atom is 0.335 e. The highest BCUT2D eigenvalue weighted by Crippen LogP contribution is 2.28. The normalized spacial score (nSPS) is 11.1. The highest BCUT2D eigenvalue weighted by molar-refractivity contribution is 5.88. The Bertz CT molecular complexity index is 677. The van der Waals surface area contributed by atoms with E-state index in [2.05, 4.69) is 0 Å². The van der Waals surface area contributed by atoms with Gasteiger partial charge in [0.25, 0.3) is 0 Å². The van der Waals surface area contributed by atoms with Gasteiger partial charge in [-0.2, -0.15) is 0 Å². The Morgan fingerprint density at radius 2 is 1.50 bits per heavy atom. The molecule has 0 saturated heterocycles. The number of carbonyl (C=O) groups is 1. The van der Waals surface area contributed by atoms with Crippen LogP contribution in [-0.4, -0.2) is 25.3 Å². The van der Waals surface area contributed by atoms with Gasteiger partial charge < -0.3 is 14.6 Å². The molecule has 2 aromatic rings. The van der Waals surface area contributed by atoms with Crippen LogP contribution >= 0.6 is 0 Å². The molecule has 4 nitrogen and oxygen atoms in total. The Balaban J connectivity index is 2.33. The van der Waals surface area contributed by atoms with Crippen LogP contribution in [0.3, 0.4) is 0 Å². The van der Waals surface area contributed by atoms with Crippen molar-refractivity contribution in [3.63, 3.8) is 0 Å². The first-order valence-corrected chi connectivity index (χ1v) is 6.78. The van der Waals surface area contributed by atoms with E-state index in [9.17, 15) is 4.79 Å². The molecule has 4 heteroatoms. The van der Waals surface area contributed by atoms with Gasteiger partial charge in [-0.3, -0.25) is 0 Å². The van der Waals surface area contributed by atoms with Crippen LogP contribution in [-0.2, 0) is 0 Å². The lowest BCUT2D eigenvalue weighted by Crippen LogP contribution is -1.95. The zero-order valence-corrected chi connectivity index (χ0v) is 12.8. The van der Waals surface area contributed by atoms with E-state index in [-0.39, 0.29) is 5.56 Å². The van der Waals surface area contributed by atoms with E-state index in [4.69, 9.17) is 14.6 Å². The van der Waals surface area contributed by atoms with Gasteiger partial charge in [0.1, 0.15) is 11.5 Å². The fraction of sp³-hybridized carbons (Fsp3) is 0.167. The predicted octanol–water partition coefficient (Wildman–Crippen LogP) is 3.96. The minimum absolute atomic E-state index is 0.276. The van der Waals surface area contributed by atoms with Gasteiger partial charge >= 0.3 is 5.97 Å². The third-order valence-electron chi connectivity index (χ3n) is 3.35. The standard InChI is InChI=1S/C18H18O4/c1-12(8-13-4-6-14(7-5-13)18(19)20)15-9-16(21-2)11-17(10-15)22-3/h4-11H,1-3H3,(H,19,20)/b12-8+. The topological polar surface area (TPSA) is 55.8 Å². The SMILES string of the molecule is COc1cc(OC)cc(/C(C)=C/c2ccc(C(=O)O)cc2)c1. The van der Waals surface area contributed by atoms with Crippen LogP contribution < -0.4 is 9.47 Å². The maximum absolute atomic E-state index is 10.9. The fourth-order valence-electron chi connectivity index (χ4n) is 2.09. The summed E-state index contributed by atoms with van der Waals surface area (Å²) in [7, 11) is 3.23. The highest BCUT2D eigenvalue weighted by Gasteiger charge is 2.05. The second-order valence-corrected chi connectivity index (χ2v) is 4.86. The molecule has 0 radical (unpaired) electrons. The van der Waals surface area contributed by atoms with E-state index in [1.165, 1.54) is 0 Å². The number of hydrogen-bond acceptors (Lipinski definition) is 3. The minimum atomic E-state index is -0.926. The third-order valence-corrected chi connectivity index (χ3v) is 3.35. The lowest BCUT2D eigenvalue weighted by atomic mass is 10.0. The summed E-state index contributed by atoms with van der Waals surface area (Å²) < 4.78 is 10.5. The van der Waals surface area contributed by atoms with Crippen molar-refractivity contribution in [2.75, 3.05) is 14.2 Å². The van der Waals surface area contributed by atoms with Crippen molar-refractivity contribution in [2.45, 2.75) is 6.92 Å². The van der Waals surface area contributed by atoms with Crippen molar-refractivity contribution >= 4 is 17.6 Å². The summed E-state index contributed by atoms with van der Waals surface area (Å²) >= 11 is 0. The summed E-state index contributed by atoms with van der Waals surface area (Å²) in [4.78, 5) is 10.9. The van der Waals surface area contributed by atoms with Gasteiger partial charge in [0.15, 0.2) is 0 Å². The molecular formula is C18H18O4. The Morgan fingerprint density at radius 1 is 0.955 bits per heavy atom. The molecule has 114 valence electrons. The first kappa shape index (κ1) is 15.6. The van der Waals surface area contributed by atoms with Crippen LogP contribution in [0.4, 0.5) is 0 Å². The monoisotopic (exact) mass is 298 g/mol. The Labute approximate surface area is 129 Å². The van der Waals surface area contributed by atoms with E-state index < -0.39 is 5.97 Å². The number of aromatic carboxylic acids is 1. The van der Waals surface area contributed by atoms with Gasteiger partial charge in [0.2, 0.25) is 0 Å². The second-order valence-electron chi connectivity index (χ2n) is 4.86. The molecular weight excluding hydrogens is 280 g/mol. The molecule has 2 aromatic carbocycles. The second kappa shape index (κ2) is 6.80. The number of ether oxygens (including phenoxy) is 2. The average Bonchev–Trinajstić information content (AvgIpc) is 2.54. The van der Waals surface area contributed by atoms with Crippen molar-refractivity contribution < 1.29 is 19.4 Å². The molecule has 0 atom stereocenters. The van der Waals surface area contributed by atoms with Crippen molar-refractivity contribution in [1.29, 1.82) is 0 Å². The van der Waals surface area contributed by atoms with Gasteiger partial charge in [-0.15, -0.1) is 0 Å². The Morgan fingerprint density at radius 3 is 1.95 bits per heavy atom. The molecule has 0 fully saturated rings. The zero-order valence-electron chi connectivity index (χ0n) is 12.8. The molecule has 0 bridgehead atoms. The summed E-state index contributed by atoms with van der Waals surface area (Å²) in [6, 6.07) is 12.4. The van der Waals surface area contributed by atoms with Crippen LogP contribution in [0, 0.1) is 0 Å². The van der Waals surface area contributed by atoms with E-state index in [1.807, 2.05) is 31.2 Å². The molecule has 1 N–H and O–H groups in total. The predicted molar refractivity (Wildman–Crippen MR) is 86.5 cm³/mol. The maximum atomic E-state index is 10.9. The molecule has 0 spiro atoms. The van der Waals surface area contributed by atoms with Crippen molar-refractivity contribution in [1.82, 2.24) is 0 Å². The zero-order chi connectivity index (χ0) is 16.1. The largest absolute Gasteiger partial charge is 0.497 e. The van der Waals surface area contributed by atoms with Crippen molar-refractivity contribution in [3.8, 4) is 11.5 Å². The van der Waals surface area contributed by atoms with Crippen LogP contribution in [0.5, 0.6) is 11.5 Å². The first-order valence-electron chi connectivity index (χ1n) is 6.78. The smallest absolute Gasteiger partial charge is 0.335 e. The fourth-order valence-corrected chi connectivity index (χ4v) is 2.09. The molecule has 0 saturated carbocycles. The average molecular weight is 298 g/mol. The molecule has 0 aromatic heterocycles. The van der Waals surface area contributed by atoms with E-state index in [0.29, 0.717) is 0 Å². The summed E-state index contributed by atoms with van der Waals surface area (Å²) in [6.45, 7) is 1.99. The third kappa shape index (κ3) is 3.67. The molecule has 0 aliphatic heterocycles. The summed E-state index contributed by atoms with van der Waals surface area (Å²) in [5.41, 5.74) is 3.22. The molecule has 2 rings (SSSR count). The van der Waals surface area contributed by atoms with E-state index in [1.54, 1.807) is 38.5 Å². The van der Waals surface area contributed by atoms with Gasteiger partial charge in [0.05, 0.1) is 19.8 Å². The van der Waals surface area contributed by atoms with Gasteiger partial charge in [0, 0.05) is 6.07 Å². The number of carboxylic acids is 1. The molecule has 0 unspecified atom stereocenters. The van der Waals surface area contributed by atoms with Crippen molar-refractivity contribution in [3.05, 3.63) is 59.2 Å². The van der Waals surface area contributed by atoms with Gasteiger partial charge in [-0.1, -0.05) is 18.2 Å². The van der Waals surface area contributed by atoms with Crippen molar-refractivity contribution in [2.24, 2.45) is 0 Å². The van der Waals surface area contributed by atoms with Gasteiger partial charge in [-0.25, -0.2) is 4.79 Å². The number of carboxylic acid groups (broad SMARTS) is 1. The quantitative estimate of drug-likeness (QED) is 0.849. The van der Waals surface area contributed by atoms with Crippen LogP contribution in [0.2, 0.25) is 0 Å². The summed E-state index contributed by atoms with van der Waals surface area (Å²) in [6.07, 6.45) is 1.99. The Hall–Kier alpha value is -2.75. The number of methoxy groups -OCH3 is 2. The number of allylic oxidation sites excluding steroid dienone is 1. The molecule has 0 aliphatic carbocycles. The van der Waals surface area contributed by atoms with E-state index >= 15 is 0 Å². The Kier molecular flexibility index (Phi) is 4.84. The lowest BCUT2D eigenvalue weighted by Gasteiger charge is -2.09. The van der Waals surface area contributed by atoms with Crippen LogP contribution in [0.25, 0.3) is 11.6 Å². The number of hydrogen-bond donors (Lipinski definition) is 1. The molecule has 0 aliphatic rings. The number of rotatable bonds is 5. The first-order chi connectivity index (χ1) is 10.5. The van der Waals surface area contributed by atoms with Crippen LogP contribution in [0.15, 0.2) is 42.5 Å².